The number of methoxy groups -OCH3 is 1. The van der Waals surface area contributed by atoms with Crippen molar-refractivity contribution in [2.24, 2.45) is 5.92 Å². The third-order valence-corrected chi connectivity index (χ3v) is 5.79. The summed E-state index contributed by atoms with van der Waals surface area (Å²) < 4.78 is 5.39. The van der Waals surface area contributed by atoms with Gasteiger partial charge in [-0.15, -0.1) is 0 Å². The van der Waals surface area contributed by atoms with Gasteiger partial charge in [0.1, 0.15) is 5.75 Å². The summed E-state index contributed by atoms with van der Waals surface area (Å²) in [7, 11) is 1.61. The van der Waals surface area contributed by atoms with E-state index >= 15 is 0 Å². The molecule has 0 aromatic heterocycles. The summed E-state index contributed by atoms with van der Waals surface area (Å²) in [5, 5.41) is 9.47. The van der Waals surface area contributed by atoms with Crippen LogP contribution in [0.3, 0.4) is 0 Å². The number of nitrogens with zero attached hydrogens (tertiary/aromatic N) is 2. The minimum Gasteiger partial charge on any atom is -0.496 e. The first kappa shape index (κ1) is 19.7. The van der Waals surface area contributed by atoms with Crippen molar-refractivity contribution >= 4 is 11.8 Å². The third-order valence-electron chi connectivity index (χ3n) is 5.79. The Bertz CT molecular complexity index is 657. The lowest BCUT2D eigenvalue weighted by Gasteiger charge is -2.38. The maximum Gasteiger partial charge on any atom is 0.227 e. The maximum atomic E-state index is 13.2. The Balaban J connectivity index is 1.71. The third kappa shape index (κ3) is 4.61. The summed E-state index contributed by atoms with van der Waals surface area (Å²) in [6, 6.07) is 7.92. The van der Waals surface area contributed by atoms with Crippen LogP contribution in [0.25, 0.3) is 0 Å². The van der Waals surface area contributed by atoms with Gasteiger partial charge in [-0.05, 0) is 25.3 Å². The van der Waals surface area contributed by atoms with Gasteiger partial charge in [-0.3, -0.25) is 9.59 Å². The Hall–Kier alpha value is -2.08. The molecule has 0 bridgehead atoms. The Morgan fingerprint density at radius 1 is 1.26 bits per heavy atom. The Labute approximate surface area is 161 Å². The molecular weight excluding hydrogens is 344 g/mol. The van der Waals surface area contributed by atoms with Gasteiger partial charge in [0, 0.05) is 37.7 Å². The van der Waals surface area contributed by atoms with Crippen molar-refractivity contribution in [2.45, 2.75) is 51.1 Å². The summed E-state index contributed by atoms with van der Waals surface area (Å²) in [6.45, 7) is 1.11. The number of hydrogen-bond donors (Lipinski definition) is 1. The lowest BCUT2D eigenvalue weighted by molar-refractivity contribution is -0.145. The number of carbonyl (C=O) groups is 2. The van der Waals surface area contributed by atoms with Crippen molar-refractivity contribution in [1.29, 1.82) is 0 Å². The van der Waals surface area contributed by atoms with Crippen molar-refractivity contribution in [2.75, 3.05) is 26.8 Å². The second-order valence-electron chi connectivity index (χ2n) is 7.52. The Morgan fingerprint density at radius 3 is 2.70 bits per heavy atom. The van der Waals surface area contributed by atoms with Gasteiger partial charge >= 0.3 is 0 Å². The van der Waals surface area contributed by atoms with E-state index in [-0.39, 0.29) is 30.9 Å². The summed E-state index contributed by atoms with van der Waals surface area (Å²) >= 11 is 0. The van der Waals surface area contributed by atoms with Crippen LogP contribution in [0.1, 0.15) is 44.1 Å². The molecular formula is C21H30N2O4. The second kappa shape index (κ2) is 9.22. The number of para-hydroxylation sites is 1. The first-order valence-corrected chi connectivity index (χ1v) is 9.95. The molecule has 0 spiro atoms. The zero-order valence-electron chi connectivity index (χ0n) is 16.1. The molecule has 148 valence electrons. The molecule has 1 atom stereocenters. The number of rotatable bonds is 7. The molecule has 1 aromatic rings. The van der Waals surface area contributed by atoms with E-state index in [1.165, 1.54) is 0 Å². The highest BCUT2D eigenvalue weighted by Gasteiger charge is 2.36. The molecule has 1 heterocycles. The summed E-state index contributed by atoms with van der Waals surface area (Å²) in [5.74, 6) is 0.749. The fourth-order valence-electron chi connectivity index (χ4n) is 4.33. The van der Waals surface area contributed by atoms with Crippen molar-refractivity contribution in [3.63, 3.8) is 0 Å². The van der Waals surface area contributed by atoms with Crippen LogP contribution in [0, 0.1) is 5.92 Å². The molecule has 2 aliphatic rings. The van der Waals surface area contributed by atoms with Gasteiger partial charge in [0.05, 0.1) is 19.6 Å². The largest absolute Gasteiger partial charge is 0.496 e. The lowest BCUT2D eigenvalue weighted by Crippen LogP contribution is -2.50. The zero-order chi connectivity index (χ0) is 19.2. The van der Waals surface area contributed by atoms with E-state index in [1.807, 2.05) is 29.2 Å². The van der Waals surface area contributed by atoms with Gasteiger partial charge in [-0.1, -0.05) is 31.0 Å². The predicted octanol–water partition coefficient (Wildman–Crippen LogP) is 2.20. The number of aliphatic hydroxyl groups excluding tert-OH is 1. The fourth-order valence-corrected chi connectivity index (χ4v) is 4.33. The van der Waals surface area contributed by atoms with Crippen molar-refractivity contribution < 1.29 is 19.4 Å². The monoisotopic (exact) mass is 374 g/mol. The predicted molar refractivity (Wildman–Crippen MR) is 102 cm³/mol. The SMILES string of the molecule is COc1ccccc1CN(CCO)C(=O)[C@H]1CCC(=O)N(C2CCCC2)C1. The number of aliphatic hydroxyl groups is 1. The highest BCUT2D eigenvalue weighted by atomic mass is 16.5. The average molecular weight is 374 g/mol. The number of ether oxygens (including phenoxy) is 1. The van der Waals surface area contributed by atoms with E-state index in [1.54, 1.807) is 12.0 Å². The summed E-state index contributed by atoms with van der Waals surface area (Å²) in [4.78, 5) is 29.2. The lowest BCUT2D eigenvalue weighted by atomic mass is 9.94. The van der Waals surface area contributed by atoms with Gasteiger partial charge in [0.15, 0.2) is 0 Å². The number of hydrogen-bond acceptors (Lipinski definition) is 4. The van der Waals surface area contributed by atoms with Crippen LogP contribution in [0.4, 0.5) is 0 Å². The number of benzene rings is 1. The smallest absolute Gasteiger partial charge is 0.227 e. The normalized spacial score (nSPS) is 20.7. The van der Waals surface area contributed by atoms with Crippen LogP contribution in [0.2, 0.25) is 0 Å². The Kier molecular flexibility index (Phi) is 6.72. The quantitative estimate of drug-likeness (QED) is 0.794. The van der Waals surface area contributed by atoms with Gasteiger partial charge in [0.25, 0.3) is 0 Å². The van der Waals surface area contributed by atoms with Crippen LogP contribution >= 0.6 is 0 Å². The van der Waals surface area contributed by atoms with Crippen LogP contribution < -0.4 is 4.74 Å². The van der Waals surface area contributed by atoms with Crippen LogP contribution in [0.15, 0.2) is 24.3 Å². The van der Waals surface area contributed by atoms with Gasteiger partial charge in [-0.2, -0.15) is 0 Å². The van der Waals surface area contributed by atoms with Crippen molar-refractivity contribution in [3.8, 4) is 5.75 Å². The average Bonchev–Trinajstić information content (AvgIpc) is 3.22. The molecule has 0 unspecified atom stereocenters. The second-order valence-corrected chi connectivity index (χ2v) is 7.52. The van der Waals surface area contributed by atoms with E-state index in [0.717, 1.165) is 37.0 Å². The highest BCUT2D eigenvalue weighted by molar-refractivity contribution is 5.84. The molecule has 0 radical (unpaired) electrons. The van der Waals surface area contributed by atoms with Gasteiger partial charge < -0.3 is 19.6 Å². The van der Waals surface area contributed by atoms with Gasteiger partial charge in [-0.25, -0.2) is 0 Å². The maximum absolute atomic E-state index is 13.2. The molecule has 1 saturated heterocycles. The topological polar surface area (TPSA) is 70.1 Å². The molecule has 2 amide bonds. The molecule has 2 fully saturated rings. The molecule has 1 aliphatic heterocycles. The molecule has 6 heteroatoms. The summed E-state index contributed by atoms with van der Waals surface area (Å²) in [5.41, 5.74) is 0.918. The van der Waals surface area contributed by atoms with Crippen LogP contribution in [0.5, 0.6) is 5.75 Å². The first-order valence-electron chi connectivity index (χ1n) is 9.95. The van der Waals surface area contributed by atoms with Crippen molar-refractivity contribution in [1.82, 2.24) is 9.80 Å². The molecule has 1 aliphatic carbocycles. The van der Waals surface area contributed by atoms with Crippen LogP contribution in [-0.4, -0.2) is 59.6 Å². The van der Waals surface area contributed by atoms with E-state index in [4.69, 9.17) is 4.74 Å². The Morgan fingerprint density at radius 2 is 2.00 bits per heavy atom. The van der Waals surface area contributed by atoms with E-state index in [0.29, 0.717) is 32.0 Å². The molecule has 1 aromatic carbocycles. The molecule has 1 N–H and O–H groups in total. The standard InChI is InChI=1S/C21H30N2O4/c1-27-19-9-5-2-6-16(19)14-22(12-13-24)21(26)17-10-11-20(25)23(15-17)18-7-3-4-8-18/h2,5-6,9,17-18,24H,3-4,7-8,10-15H2,1H3/t17-/m0/s1. The number of carbonyl (C=O) groups excluding carboxylic acids is 2. The molecule has 27 heavy (non-hydrogen) atoms. The minimum atomic E-state index is -0.190. The molecule has 3 rings (SSSR count). The van der Waals surface area contributed by atoms with E-state index < -0.39 is 0 Å². The van der Waals surface area contributed by atoms with Crippen LogP contribution in [-0.2, 0) is 16.1 Å². The van der Waals surface area contributed by atoms with Crippen molar-refractivity contribution in [3.05, 3.63) is 29.8 Å². The summed E-state index contributed by atoms with van der Waals surface area (Å²) in [6.07, 6.45) is 5.46. The van der Waals surface area contributed by atoms with Gasteiger partial charge in [0.2, 0.25) is 11.8 Å². The number of likely N-dealkylation sites (tertiary alicyclic amines) is 1. The van der Waals surface area contributed by atoms with E-state index in [2.05, 4.69) is 0 Å². The first-order chi connectivity index (χ1) is 13.1. The zero-order valence-corrected chi connectivity index (χ0v) is 16.1. The van der Waals surface area contributed by atoms with E-state index in [9.17, 15) is 14.7 Å². The molecule has 6 nitrogen and oxygen atoms in total. The number of piperidine rings is 1. The minimum absolute atomic E-state index is 0.0189. The fraction of sp³-hybridized carbons (Fsp3) is 0.619. The molecule has 1 saturated carbocycles. The highest BCUT2D eigenvalue weighted by Crippen LogP contribution is 2.30. The number of amides is 2.